The number of carbonyl (C=O) groups is 2. The maximum absolute atomic E-state index is 13.0. The predicted molar refractivity (Wildman–Crippen MR) is 115 cm³/mol. The first-order valence-corrected chi connectivity index (χ1v) is 9.93. The molecule has 1 unspecified atom stereocenters. The summed E-state index contributed by atoms with van der Waals surface area (Å²) < 4.78 is 10.6. The Morgan fingerprint density at radius 3 is 2.52 bits per heavy atom. The van der Waals surface area contributed by atoms with Crippen LogP contribution in [0.4, 0.5) is 5.69 Å². The Morgan fingerprint density at radius 1 is 1.19 bits per heavy atom. The number of hydrogen-bond donors (Lipinski definition) is 1. The van der Waals surface area contributed by atoms with Gasteiger partial charge in [-0.25, -0.2) is 0 Å². The van der Waals surface area contributed by atoms with Crippen molar-refractivity contribution in [1.29, 1.82) is 0 Å². The molecule has 0 saturated heterocycles. The maximum Gasteiger partial charge on any atom is 0.311 e. The van der Waals surface area contributed by atoms with E-state index in [1.54, 1.807) is 6.92 Å². The van der Waals surface area contributed by atoms with Crippen molar-refractivity contribution in [1.82, 2.24) is 10.2 Å². The first-order valence-electron chi connectivity index (χ1n) is 9.93. The van der Waals surface area contributed by atoms with Crippen LogP contribution in [0.15, 0.2) is 48.5 Å². The molecule has 0 saturated carbocycles. The van der Waals surface area contributed by atoms with Gasteiger partial charge in [0, 0.05) is 25.2 Å². The van der Waals surface area contributed by atoms with Gasteiger partial charge in [0.1, 0.15) is 11.8 Å². The van der Waals surface area contributed by atoms with Crippen LogP contribution in [0, 0.1) is 10.1 Å². The van der Waals surface area contributed by atoms with Gasteiger partial charge in [0.2, 0.25) is 11.7 Å². The smallest absolute Gasteiger partial charge is 0.311 e. The summed E-state index contributed by atoms with van der Waals surface area (Å²) in [5.41, 5.74) is 0.677. The number of nitrogens with one attached hydrogen (secondary N) is 1. The molecule has 2 amide bonds. The van der Waals surface area contributed by atoms with Crippen molar-refractivity contribution >= 4 is 17.5 Å². The number of benzene rings is 2. The third-order valence-electron chi connectivity index (χ3n) is 4.62. The van der Waals surface area contributed by atoms with Crippen LogP contribution in [0.25, 0.3) is 0 Å². The number of hydrogen-bond acceptors (Lipinski definition) is 6. The van der Waals surface area contributed by atoms with Crippen molar-refractivity contribution in [2.75, 3.05) is 20.3 Å². The van der Waals surface area contributed by atoms with Gasteiger partial charge in [0.15, 0.2) is 6.61 Å². The first-order chi connectivity index (χ1) is 14.9. The molecule has 0 fully saturated rings. The van der Waals surface area contributed by atoms with Crippen molar-refractivity contribution < 1.29 is 24.0 Å². The molecule has 31 heavy (non-hydrogen) atoms. The Labute approximate surface area is 181 Å². The topological polar surface area (TPSA) is 111 Å². The fourth-order valence-electron chi connectivity index (χ4n) is 2.89. The average Bonchev–Trinajstić information content (AvgIpc) is 2.79. The molecular formula is C22H27N3O6. The number of nitro groups is 1. The van der Waals surface area contributed by atoms with Crippen molar-refractivity contribution in [2.45, 2.75) is 32.9 Å². The van der Waals surface area contributed by atoms with E-state index < -0.39 is 11.0 Å². The summed E-state index contributed by atoms with van der Waals surface area (Å²) >= 11 is 0. The molecule has 0 radical (unpaired) electrons. The molecule has 166 valence electrons. The number of methoxy groups -OCH3 is 1. The van der Waals surface area contributed by atoms with Crippen molar-refractivity contribution in [3.63, 3.8) is 0 Å². The van der Waals surface area contributed by atoms with E-state index in [4.69, 9.17) is 9.47 Å². The molecule has 2 aromatic rings. The lowest BCUT2D eigenvalue weighted by atomic mass is 10.1. The third kappa shape index (κ3) is 6.70. The quantitative estimate of drug-likeness (QED) is 0.434. The maximum atomic E-state index is 13.0. The van der Waals surface area contributed by atoms with Crippen molar-refractivity contribution in [3.8, 4) is 11.5 Å². The van der Waals surface area contributed by atoms with E-state index in [1.807, 2.05) is 37.3 Å². The Balaban J connectivity index is 2.14. The lowest BCUT2D eigenvalue weighted by Crippen LogP contribution is -2.49. The van der Waals surface area contributed by atoms with Gasteiger partial charge in [-0.3, -0.25) is 19.7 Å². The standard InChI is InChI=1S/C22H27N3O6/c1-4-12-23-22(27)16(2)24(14-17-8-6-5-7-9-17)21(26)15-31-18-10-11-19(25(28)29)20(13-18)30-3/h5-11,13,16H,4,12,14-15H2,1-3H3,(H,23,27). The molecule has 2 aromatic carbocycles. The Hall–Kier alpha value is -3.62. The minimum atomic E-state index is -0.700. The van der Waals surface area contributed by atoms with E-state index in [-0.39, 0.29) is 42.2 Å². The highest BCUT2D eigenvalue weighted by Gasteiger charge is 2.26. The van der Waals surface area contributed by atoms with Crippen LogP contribution >= 0.6 is 0 Å². The van der Waals surface area contributed by atoms with Gasteiger partial charge >= 0.3 is 5.69 Å². The van der Waals surface area contributed by atoms with E-state index in [1.165, 1.54) is 30.2 Å². The summed E-state index contributed by atoms with van der Waals surface area (Å²) in [5.74, 6) is -0.356. The van der Waals surface area contributed by atoms with Crippen LogP contribution in [0.5, 0.6) is 11.5 Å². The van der Waals surface area contributed by atoms with E-state index in [0.717, 1.165) is 12.0 Å². The molecule has 9 nitrogen and oxygen atoms in total. The second-order valence-electron chi connectivity index (χ2n) is 6.85. The van der Waals surface area contributed by atoms with Gasteiger partial charge in [0.25, 0.3) is 5.91 Å². The third-order valence-corrected chi connectivity index (χ3v) is 4.62. The van der Waals surface area contributed by atoms with Crippen LogP contribution in [0.3, 0.4) is 0 Å². The second kappa shape index (κ2) is 11.5. The van der Waals surface area contributed by atoms with Crippen LogP contribution in [0.1, 0.15) is 25.8 Å². The van der Waals surface area contributed by atoms with Gasteiger partial charge in [-0.15, -0.1) is 0 Å². The molecule has 0 spiro atoms. The average molecular weight is 429 g/mol. The number of amides is 2. The summed E-state index contributed by atoms with van der Waals surface area (Å²) in [6.07, 6.45) is 0.788. The second-order valence-corrected chi connectivity index (χ2v) is 6.85. The molecule has 0 aliphatic heterocycles. The molecule has 0 bridgehead atoms. The van der Waals surface area contributed by atoms with Gasteiger partial charge in [-0.2, -0.15) is 0 Å². The number of nitrogens with zero attached hydrogens (tertiary/aromatic N) is 2. The van der Waals surface area contributed by atoms with Crippen LogP contribution in [0.2, 0.25) is 0 Å². The molecule has 0 aliphatic rings. The summed E-state index contributed by atoms with van der Waals surface area (Å²) in [7, 11) is 1.31. The Morgan fingerprint density at radius 2 is 1.90 bits per heavy atom. The zero-order chi connectivity index (χ0) is 22.8. The van der Waals surface area contributed by atoms with Gasteiger partial charge in [0.05, 0.1) is 12.0 Å². The lowest BCUT2D eigenvalue weighted by molar-refractivity contribution is -0.385. The van der Waals surface area contributed by atoms with Crippen LogP contribution in [-0.4, -0.2) is 47.9 Å². The highest BCUT2D eigenvalue weighted by Crippen LogP contribution is 2.30. The van der Waals surface area contributed by atoms with Crippen molar-refractivity contribution in [3.05, 3.63) is 64.2 Å². The fourth-order valence-corrected chi connectivity index (χ4v) is 2.89. The minimum Gasteiger partial charge on any atom is -0.490 e. The number of carbonyl (C=O) groups excluding carboxylic acids is 2. The largest absolute Gasteiger partial charge is 0.490 e. The highest BCUT2D eigenvalue weighted by molar-refractivity contribution is 5.87. The molecule has 1 N–H and O–H groups in total. The van der Waals surface area contributed by atoms with E-state index >= 15 is 0 Å². The molecule has 2 rings (SSSR count). The molecule has 9 heteroatoms. The molecule has 0 aromatic heterocycles. The Kier molecular flexibility index (Phi) is 8.80. The zero-order valence-electron chi connectivity index (χ0n) is 17.9. The summed E-state index contributed by atoms with van der Waals surface area (Å²) in [5, 5.41) is 13.8. The number of ether oxygens (including phenoxy) is 2. The SMILES string of the molecule is CCCNC(=O)C(C)N(Cc1ccccc1)C(=O)COc1ccc([N+](=O)[O-])c(OC)c1. The molecular weight excluding hydrogens is 402 g/mol. The van der Waals surface area contributed by atoms with Gasteiger partial charge in [-0.1, -0.05) is 37.3 Å². The minimum absolute atomic E-state index is 0.0309. The summed E-state index contributed by atoms with van der Waals surface area (Å²) in [6.45, 7) is 4.05. The Bertz CT molecular complexity index is 903. The van der Waals surface area contributed by atoms with Gasteiger partial charge < -0.3 is 19.7 Å². The summed E-state index contributed by atoms with van der Waals surface area (Å²) in [4.78, 5) is 37.3. The van der Waals surface area contributed by atoms with E-state index in [0.29, 0.717) is 6.54 Å². The predicted octanol–water partition coefficient (Wildman–Crippen LogP) is 2.93. The van der Waals surface area contributed by atoms with Crippen LogP contribution < -0.4 is 14.8 Å². The summed E-state index contributed by atoms with van der Waals surface area (Å²) in [6, 6.07) is 12.6. The monoisotopic (exact) mass is 429 g/mol. The normalized spacial score (nSPS) is 11.3. The number of rotatable bonds is 11. The molecule has 0 aliphatic carbocycles. The first kappa shape index (κ1) is 23.7. The van der Waals surface area contributed by atoms with E-state index in [9.17, 15) is 19.7 Å². The van der Waals surface area contributed by atoms with Gasteiger partial charge in [-0.05, 0) is 25.0 Å². The fraction of sp³-hybridized carbons (Fsp3) is 0.364. The van der Waals surface area contributed by atoms with Crippen LogP contribution in [-0.2, 0) is 16.1 Å². The lowest BCUT2D eigenvalue weighted by Gasteiger charge is -2.28. The zero-order valence-corrected chi connectivity index (χ0v) is 17.9. The highest BCUT2D eigenvalue weighted by atomic mass is 16.6. The number of nitro benzene ring substituents is 1. The molecule has 0 heterocycles. The van der Waals surface area contributed by atoms with E-state index in [2.05, 4.69) is 5.32 Å². The van der Waals surface area contributed by atoms with Crippen molar-refractivity contribution in [2.24, 2.45) is 0 Å². The molecule has 1 atom stereocenters.